The van der Waals surface area contributed by atoms with Crippen LogP contribution in [0.1, 0.15) is 5.56 Å². The second-order valence-electron chi connectivity index (χ2n) is 4.60. The molecule has 0 spiro atoms. The van der Waals surface area contributed by atoms with Crippen molar-refractivity contribution in [2.24, 2.45) is 4.40 Å². The first-order chi connectivity index (χ1) is 10.5. The molecular weight excluding hydrogens is 304 g/mol. The standard InChI is InChI=1S/C15H14N2O4S/c1-20-10-7-8-13(21-2)12(9-10)16-15-11-5-3-4-6-14(11)22(18,19)17-15/h3-9H,1-2H3,(H,16,17). The van der Waals surface area contributed by atoms with Gasteiger partial charge in [0.15, 0.2) is 5.84 Å². The summed E-state index contributed by atoms with van der Waals surface area (Å²) in [5.41, 5.74) is 1.11. The van der Waals surface area contributed by atoms with E-state index in [-0.39, 0.29) is 10.7 Å². The van der Waals surface area contributed by atoms with E-state index in [0.29, 0.717) is 22.7 Å². The van der Waals surface area contributed by atoms with E-state index in [0.717, 1.165) is 0 Å². The Labute approximate surface area is 128 Å². The summed E-state index contributed by atoms with van der Waals surface area (Å²) in [6.45, 7) is 0. The number of hydrogen-bond donors (Lipinski definition) is 1. The van der Waals surface area contributed by atoms with Gasteiger partial charge in [0.05, 0.1) is 19.9 Å². The van der Waals surface area contributed by atoms with Gasteiger partial charge >= 0.3 is 0 Å². The minimum atomic E-state index is -3.66. The van der Waals surface area contributed by atoms with Crippen LogP contribution in [0.4, 0.5) is 5.69 Å². The van der Waals surface area contributed by atoms with E-state index in [9.17, 15) is 8.42 Å². The number of anilines is 1. The van der Waals surface area contributed by atoms with Gasteiger partial charge in [0.2, 0.25) is 0 Å². The molecule has 22 heavy (non-hydrogen) atoms. The van der Waals surface area contributed by atoms with Crippen LogP contribution in [0.25, 0.3) is 0 Å². The van der Waals surface area contributed by atoms with Crippen LogP contribution in [0.2, 0.25) is 0 Å². The van der Waals surface area contributed by atoms with Crippen molar-refractivity contribution in [2.75, 3.05) is 19.5 Å². The molecule has 0 saturated heterocycles. The number of methoxy groups -OCH3 is 2. The topological polar surface area (TPSA) is 77.0 Å². The molecule has 2 aromatic rings. The molecule has 2 aromatic carbocycles. The first kappa shape index (κ1) is 14.4. The lowest BCUT2D eigenvalue weighted by atomic mass is 10.2. The number of hydrogen-bond acceptors (Lipinski definition) is 5. The summed E-state index contributed by atoms with van der Waals surface area (Å²) < 4.78 is 38.3. The van der Waals surface area contributed by atoms with Crippen molar-refractivity contribution in [3.8, 4) is 11.5 Å². The lowest BCUT2D eigenvalue weighted by molar-refractivity contribution is 0.405. The Kier molecular flexibility index (Phi) is 3.50. The zero-order chi connectivity index (χ0) is 15.7. The van der Waals surface area contributed by atoms with E-state index in [1.807, 2.05) is 0 Å². The van der Waals surface area contributed by atoms with Gasteiger partial charge in [0.1, 0.15) is 16.4 Å². The van der Waals surface area contributed by atoms with Crippen molar-refractivity contribution in [2.45, 2.75) is 4.90 Å². The number of amidine groups is 1. The van der Waals surface area contributed by atoms with Crippen molar-refractivity contribution >= 4 is 21.5 Å². The van der Waals surface area contributed by atoms with Crippen molar-refractivity contribution < 1.29 is 17.9 Å². The molecule has 0 radical (unpaired) electrons. The van der Waals surface area contributed by atoms with Crippen LogP contribution in [-0.4, -0.2) is 28.5 Å². The van der Waals surface area contributed by atoms with Crippen LogP contribution in [0, 0.1) is 0 Å². The Morgan fingerprint density at radius 1 is 1.05 bits per heavy atom. The molecule has 6 nitrogen and oxygen atoms in total. The van der Waals surface area contributed by atoms with Gasteiger partial charge in [-0.05, 0) is 24.3 Å². The van der Waals surface area contributed by atoms with Gasteiger partial charge in [-0.2, -0.15) is 8.42 Å². The predicted molar refractivity (Wildman–Crippen MR) is 83.3 cm³/mol. The molecule has 0 aromatic heterocycles. The third kappa shape index (κ3) is 2.39. The highest BCUT2D eigenvalue weighted by Crippen LogP contribution is 2.32. The molecule has 3 rings (SSSR count). The number of nitrogens with zero attached hydrogens (tertiary/aromatic N) is 1. The SMILES string of the molecule is COc1ccc(OC)c(NC2=NS(=O)(=O)c3ccccc32)c1. The summed E-state index contributed by atoms with van der Waals surface area (Å²) in [4.78, 5) is 0.194. The monoisotopic (exact) mass is 318 g/mol. The molecule has 0 saturated carbocycles. The van der Waals surface area contributed by atoms with E-state index in [1.165, 1.54) is 13.2 Å². The molecular formula is C15H14N2O4S. The number of benzene rings is 2. The third-order valence-corrected chi connectivity index (χ3v) is 4.63. The van der Waals surface area contributed by atoms with Crippen LogP contribution in [0.5, 0.6) is 11.5 Å². The maximum atomic E-state index is 12.0. The van der Waals surface area contributed by atoms with E-state index >= 15 is 0 Å². The first-order valence-electron chi connectivity index (χ1n) is 6.48. The second-order valence-corrected chi connectivity index (χ2v) is 6.17. The zero-order valence-corrected chi connectivity index (χ0v) is 12.8. The van der Waals surface area contributed by atoms with Gasteiger partial charge in [-0.3, -0.25) is 0 Å². The number of nitrogens with one attached hydrogen (secondary N) is 1. The van der Waals surface area contributed by atoms with E-state index in [1.54, 1.807) is 43.5 Å². The minimum Gasteiger partial charge on any atom is -0.497 e. The van der Waals surface area contributed by atoms with Gasteiger partial charge in [0.25, 0.3) is 10.0 Å². The van der Waals surface area contributed by atoms with Crippen molar-refractivity contribution in [1.82, 2.24) is 0 Å². The van der Waals surface area contributed by atoms with Crippen LogP contribution >= 0.6 is 0 Å². The fourth-order valence-corrected chi connectivity index (χ4v) is 3.41. The molecule has 1 aliphatic heterocycles. The van der Waals surface area contributed by atoms with E-state index in [2.05, 4.69) is 9.71 Å². The van der Waals surface area contributed by atoms with Crippen molar-refractivity contribution in [3.63, 3.8) is 0 Å². The molecule has 0 aliphatic carbocycles. The van der Waals surface area contributed by atoms with Crippen LogP contribution in [0.15, 0.2) is 51.8 Å². The summed E-state index contributed by atoms with van der Waals surface area (Å²) in [7, 11) is -0.567. The van der Waals surface area contributed by atoms with Crippen molar-refractivity contribution in [3.05, 3.63) is 48.0 Å². The second kappa shape index (κ2) is 5.34. The Bertz CT molecular complexity index is 860. The Morgan fingerprint density at radius 3 is 2.55 bits per heavy atom. The molecule has 0 fully saturated rings. The maximum absolute atomic E-state index is 12.0. The summed E-state index contributed by atoms with van der Waals surface area (Å²) in [6.07, 6.45) is 0. The molecule has 114 valence electrons. The van der Waals surface area contributed by atoms with Crippen LogP contribution < -0.4 is 14.8 Å². The molecule has 0 amide bonds. The zero-order valence-electron chi connectivity index (χ0n) is 12.0. The molecule has 0 atom stereocenters. The Morgan fingerprint density at radius 2 is 1.82 bits per heavy atom. The summed E-state index contributed by atoms with van der Waals surface area (Å²) in [6, 6.07) is 11.9. The van der Waals surface area contributed by atoms with E-state index < -0.39 is 10.0 Å². The van der Waals surface area contributed by atoms with Crippen molar-refractivity contribution in [1.29, 1.82) is 0 Å². The number of rotatable bonds is 3. The summed E-state index contributed by atoms with van der Waals surface area (Å²) in [5.74, 6) is 1.45. The quantitative estimate of drug-likeness (QED) is 0.939. The molecule has 7 heteroatoms. The number of fused-ring (bicyclic) bond motifs is 1. The highest BCUT2D eigenvalue weighted by molar-refractivity contribution is 7.90. The predicted octanol–water partition coefficient (Wildman–Crippen LogP) is 2.26. The Balaban J connectivity index is 2.05. The molecule has 1 N–H and O–H groups in total. The van der Waals surface area contributed by atoms with Gasteiger partial charge in [0, 0.05) is 11.6 Å². The number of sulfonamides is 1. The normalized spacial score (nSPS) is 14.9. The summed E-state index contributed by atoms with van der Waals surface area (Å²) >= 11 is 0. The van der Waals surface area contributed by atoms with Gasteiger partial charge < -0.3 is 14.8 Å². The van der Waals surface area contributed by atoms with Gasteiger partial charge in [-0.25, -0.2) is 0 Å². The maximum Gasteiger partial charge on any atom is 0.285 e. The fraction of sp³-hybridized carbons (Fsp3) is 0.133. The molecule has 0 unspecified atom stereocenters. The third-order valence-electron chi connectivity index (χ3n) is 3.29. The Hall–Kier alpha value is -2.54. The minimum absolute atomic E-state index is 0.194. The van der Waals surface area contributed by atoms with Crippen LogP contribution in [0.3, 0.4) is 0 Å². The van der Waals surface area contributed by atoms with Gasteiger partial charge in [-0.15, -0.1) is 4.40 Å². The molecule has 1 heterocycles. The summed E-state index contributed by atoms with van der Waals surface area (Å²) in [5, 5.41) is 3.01. The smallest absolute Gasteiger partial charge is 0.285 e. The van der Waals surface area contributed by atoms with Gasteiger partial charge in [-0.1, -0.05) is 12.1 Å². The lowest BCUT2D eigenvalue weighted by Gasteiger charge is -2.12. The average Bonchev–Trinajstić information content (AvgIpc) is 2.78. The first-order valence-corrected chi connectivity index (χ1v) is 7.92. The highest BCUT2D eigenvalue weighted by Gasteiger charge is 2.28. The largest absolute Gasteiger partial charge is 0.497 e. The lowest BCUT2D eigenvalue weighted by Crippen LogP contribution is -2.12. The highest BCUT2D eigenvalue weighted by atomic mass is 32.2. The number of ether oxygens (including phenoxy) is 2. The van der Waals surface area contributed by atoms with Crippen LogP contribution in [-0.2, 0) is 10.0 Å². The molecule has 1 aliphatic rings. The van der Waals surface area contributed by atoms with E-state index in [4.69, 9.17) is 9.47 Å². The average molecular weight is 318 g/mol. The molecule has 0 bridgehead atoms. The fourth-order valence-electron chi connectivity index (χ4n) is 2.24.